The highest BCUT2D eigenvalue weighted by molar-refractivity contribution is 8.00. The van der Waals surface area contributed by atoms with Crippen LogP contribution in [0.4, 0.5) is 0 Å². The van der Waals surface area contributed by atoms with E-state index in [2.05, 4.69) is 5.32 Å². The minimum atomic E-state index is -0.990. The normalized spacial score (nSPS) is 13.6. The summed E-state index contributed by atoms with van der Waals surface area (Å²) in [6, 6.07) is -0.840. The molecule has 5 heteroatoms. The van der Waals surface area contributed by atoms with E-state index in [1.54, 1.807) is 20.8 Å². The van der Waals surface area contributed by atoms with Gasteiger partial charge in [0.15, 0.2) is 0 Å². The van der Waals surface area contributed by atoms with Crippen molar-refractivity contribution in [2.75, 3.05) is 5.75 Å². The first kappa shape index (κ1) is 15.3. The van der Waals surface area contributed by atoms with Gasteiger partial charge in [0.05, 0.1) is 5.75 Å². The highest BCUT2D eigenvalue weighted by atomic mass is 32.2. The Morgan fingerprint density at radius 2 is 1.81 bits per heavy atom. The molecule has 0 aromatic carbocycles. The van der Waals surface area contributed by atoms with Crippen molar-refractivity contribution in [2.24, 2.45) is 5.41 Å². The average molecular weight is 247 g/mol. The summed E-state index contributed by atoms with van der Waals surface area (Å²) in [5, 5.41) is 11.9. The summed E-state index contributed by atoms with van der Waals surface area (Å²) in [6.45, 7) is 9.37. The fraction of sp³-hybridized carbons (Fsp3) is 0.818. The zero-order valence-corrected chi connectivity index (χ0v) is 11.4. The highest BCUT2D eigenvalue weighted by Gasteiger charge is 2.32. The third kappa shape index (κ3) is 6.00. The van der Waals surface area contributed by atoms with Crippen LogP contribution >= 0.6 is 11.8 Å². The van der Waals surface area contributed by atoms with Gasteiger partial charge in [-0.25, -0.2) is 4.79 Å². The molecule has 0 fully saturated rings. The standard InChI is InChI=1S/C11H21NO3S/c1-7(2)16-6-8(13)12-9(10(14)15)11(3,4)5/h7,9H,6H2,1-5H3,(H,12,13)(H,14,15)/t9-/m0/s1. The van der Waals surface area contributed by atoms with E-state index >= 15 is 0 Å². The SMILES string of the molecule is CC(C)SCC(=O)N[C@@H](C(=O)O)C(C)(C)C. The Balaban J connectivity index is 4.32. The van der Waals surface area contributed by atoms with E-state index in [1.807, 2.05) is 13.8 Å². The van der Waals surface area contributed by atoms with Crippen LogP contribution in [0.25, 0.3) is 0 Å². The fourth-order valence-corrected chi connectivity index (χ4v) is 1.66. The van der Waals surface area contributed by atoms with Crippen LogP contribution in [0.2, 0.25) is 0 Å². The molecule has 0 aromatic rings. The van der Waals surface area contributed by atoms with Gasteiger partial charge in [0.1, 0.15) is 6.04 Å². The lowest BCUT2D eigenvalue weighted by atomic mass is 9.87. The first-order valence-electron chi connectivity index (χ1n) is 5.28. The number of nitrogens with one attached hydrogen (secondary N) is 1. The van der Waals surface area contributed by atoms with Crippen LogP contribution in [0.3, 0.4) is 0 Å². The molecule has 0 aromatic heterocycles. The second-order valence-electron chi connectivity index (χ2n) is 5.06. The van der Waals surface area contributed by atoms with Crippen molar-refractivity contribution >= 4 is 23.6 Å². The number of rotatable bonds is 5. The van der Waals surface area contributed by atoms with Crippen molar-refractivity contribution in [1.82, 2.24) is 5.32 Å². The summed E-state index contributed by atoms with van der Waals surface area (Å²) < 4.78 is 0. The Hall–Kier alpha value is -0.710. The van der Waals surface area contributed by atoms with Crippen LogP contribution < -0.4 is 5.32 Å². The number of carbonyl (C=O) groups excluding carboxylic acids is 1. The lowest BCUT2D eigenvalue weighted by molar-refractivity contribution is -0.144. The smallest absolute Gasteiger partial charge is 0.326 e. The predicted octanol–water partition coefficient (Wildman–Crippen LogP) is 1.74. The van der Waals surface area contributed by atoms with Gasteiger partial charge in [-0.3, -0.25) is 4.79 Å². The molecule has 0 heterocycles. The monoisotopic (exact) mass is 247 g/mol. The van der Waals surface area contributed by atoms with Gasteiger partial charge < -0.3 is 10.4 Å². The van der Waals surface area contributed by atoms with Gasteiger partial charge >= 0.3 is 5.97 Å². The topological polar surface area (TPSA) is 66.4 Å². The van der Waals surface area contributed by atoms with Gasteiger partial charge in [-0.05, 0) is 10.7 Å². The van der Waals surface area contributed by atoms with Gasteiger partial charge in [0.25, 0.3) is 0 Å². The molecule has 16 heavy (non-hydrogen) atoms. The van der Waals surface area contributed by atoms with Gasteiger partial charge in [0.2, 0.25) is 5.91 Å². The minimum absolute atomic E-state index is 0.221. The molecule has 0 radical (unpaired) electrons. The number of amides is 1. The summed E-state index contributed by atoms with van der Waals surface area (Å²) in [6.07, 6.45) is 0. The fourth-order valence-electron chi connectivity index (χ4n) is 1.09. The van der Waals surface area contributed by atoms with Gasteiger partial charge in [0, 0.05) is 0 Å². The van der Waals surface area contributed by atoms with Crippen molar-refractivity contribution in [3.8, 4) is 0 Å². The largest absolute Gasteiger partial charge is 0.480 e. The van der Waals surface area contributed by atoms with E-state index in [-0.39, 0.29) is 5.91 Å². The summed E-state index contributed by atoms with van der Waals surface area (Å²) in [4.78, 5) is 22.5. The zero-order valence-electron chi connectivity index (χ0n) is 10.5. The van der Waals surface area contributed by atoms with Gasteiger partial charge in [-0.2, -0.15) is 0 Å². The summed E-state index contributed by atoms with van der Waals surface area (Å²) in [5.74, 6) is -0.909. The van der Waals surface area contributed by atoms with E-state index in [0.717, 1.165) is 0 Å². The third-order valence-electron chi connectivity index (χ3n) is 1.97. The molecule has 2 N–H and O–H groups in total. The molecular formula is C11H21NO3S. The molecular weight excluding hydrogens is 226 g/mol. The third-order valence-corrected chi connectivity index (χ3v) is 3.06. The highest BCUT2D eigenvalue weighted by Crippen LogP contribution is 2.19. The second kappa shape index (κ2) is 6.13. The Labute approximate surface area is 101 Å². The van der Waals surface area contributed by atoms with Crippen molar-refractivity contribution in [3.05, 3.63) is 0 Å². The van der Waals surface area contributed by atoms with E-state index in [0.29, 0.717) is 11.0 Å². The van der Waals surface area contributed by atoms with Crippen molar-refractivity contribution in [1.29, 1.82) is 0 Å². The predicted molar refractivity (Wildman–Crippen MR) is 66.6 cm³/mol. The number of hydrogen-bond donors (Lipinski definition) is 2. The maximum Gasteiger partial charge on any atom is 0.326 e. The van der Waals surface area contributed by atoms with Crippen LogP contribution in [0.5, 0.6) is 0 Å². The lowest BCUT2D eigenvalue weighted by Gasteiger charge is -2.27. The number of carbonyl (C=O) groups is 2. The van der Waals surface area contributed by atoms with Gasteiger partial charge in [-0.15, -0.1) is 11.8 Å². The maximum atomic E-state index is 11.5. The average Bonchev–Trinajstić information content (AvgIpc) is 2.08. The molecule has 1 atom stereocenters. The summed E-state index contributed by atoms with van der Waals surface area (Å²) >= 11 is 1.50. The molecule has 4 nitrogen and oxygen atoms in total. The first-order valence-corrected chi connectivity index (χ1v) is 6.33. The quantitative estimate of drug-likeness (QED) is 0.776. The number of hydrogen-bond acceptors (Lipinski definition) is 3. The summed E-state index contributed by atoms with van der Waals surface area (Å²) in [7, 11) is 0. The molecule has 94 valence electrons. The van der Waals surface area contributed by atoms with E-state index in [4.69, 9.17) is 5.11 Å². The van der Waals surface area contributed by atoms with E-state index < -0.39 is 17.4 Å². The Kier molecular flexibility index (Phi) is 5.86. The Bertz CT molecular complexity index is 258. The molecule has 0 aliphatic rings. The number of carboxylic acid groups (broad SMARTS) is 1. The molecule has 0 spiro atoms. The van der Waals surface area contributed by atoms with Crippen molar-refractivity contribution in [2.45, 2.75) is 45.9 Å². The van der Waals surface area contributed by atoms with E-state index in [9.17, 15) is 9.59 Å². The van der Waals surface area contributed by atoms with Gasteiger partial charge in [-0.1, -0.05) is 34.6 Å². The van der Waals surface area contributed by atoms with Crippen LogP contribution in [0.1, 0.15) is 34.6 Å². The zero-order chi connectivity index (χ0) is 12.9. The second-order valence-corrected chi connectivity index (χ2v) is 6.63. The molecule has 0 unspecified atom stereocenters. The Morgan fingerprint density at radius 1 is 1.31 bits per heavy atom. The number of thioether (sulfide) groups is 1. The maximum absolute atomic E-state index is 11.5. The van der Waals surface area contributed by atoms with Crippen LogP contribution in [0, 0.1) is 5.41 Å². The van der Waals surface area contributed by atoms with Crippen molar-refractivity contribution in [3.63, 3.8) is 0 Å². The molecule has 1 amide bonds. The number of carboxylic acids is 1. The Morgan fingerprint density at radius 3 is 2.12 bits per heavy atom. The molecule has 0 saturated heterocycles. The van der Waals surface area contributed by atoms with E-state index in [1.165, 1.54) is 11.8 Å². The van der Waals surface area contributed by atoms with Crippen LogP contribution in [-0.2, 0) is 9.59 Å². The molecule has 0 saturated carbocycles. The summed E-state index contributed by atoms with van der Waals surface area (Å²) in [5.41, 5.74) is -0.482. The van der Waals surface area contributed by atoms with Crippen molar-refractivity contribution < 1.29 is 14.7 Å². The molecule has 0 aliphatic carbocycles. The van der Waals surface area contributed by atoms with Crippen LogP contribution in [0.15, 0.2) is 0 Å². The minimum Gasteiger partial charge on any atom is -0.480 e. The molecule has 0 bridgehead atoms. The van der Waals surface area contributed by atoms with Crippen LogP contribution in [-0.4, -0.2) is 34.0 Å². The lowest BCUT2D eigenvalue weighted by Crippen LogP contribution is -2.49. The molecule has 0 rings (SSSR count). The molecule has 0 aliphatic heterocycles. The number of aliphatic carboxylic acids is 1. The first-order chi connectivity index (χ1) is 7.14.